The first kappa shape index (κ1) is 14.6. The maximum absolute atomic E-state index is 12.9. The Morgan fingerprint density at radius 1 is 1.19 bits per heavy atom. The van der Waals surface area contributed by atoms with Crippen molar-refractivity contribution in [2.24, 2.45) is 11.8 Å². The molecule has 114 valence electrons. The largest absolute Gasteiger partial charge is 0.323 e. The molecule has 1 amide bonds. The van der Waals surface area contributed by atoms with Gasteiger partial charge in [-0.2, -0.15) is 0 Å². The summed E-state index contributed by atoms with van der Waals surface area (Å²) in [5.41, 5.74) is 1.23. The quantitative estimate of drug-likeness (QED) is 0.902. The average molecular weight is 286 g/mol. The zero-order valence-corrected chi connectivity index (χ0v) is 13.3. The van der Waals surface area contributed by atoms with E-state index < -0.39 is 0 Å². The lowest BCUT2D eigenvalue weighted by Crippen LogP contribution is -2.47. The lowest BCUT2D eigenvalue weighted by molar-refractivity contribution is -0.133. The highest BCUT2D eigenvalue weighted by molar-refractivity contribution is 5.85. The molecule has 21 heavy (non-hydrogen) atoms. The van der Waals surface area contributed by atoms with E-state index in [-0.39, 0.29) is 18.1 Å². The fraction of sp³-hybridized carbons (Fsp3) is 0.611. The van der Waals surface area contributed by atoms with Crippen molar-refractivity contribution in [2.75, 3.05) is 0 Å². The molecule has 1 aliphatic carbocycles. The lowest BCUT2D eigenvalue weighted by Gasteiger charge is -2.32. The Hall–Kier alpha value is -1.35. The van der Waals surface area contributed by atoms with E-state index in [0.717, 1.165) is 6.42 Å². The Labute approximate surface area is 127 Å². The number of carbonyl (C=O) groups is 1. The normalized spacial score (nSPS) is 27.4. The van der Waals surface area contributed by atoms with Crippen LogP contribution in [-0.2, 0) is 11.2 Å². The van der Waals surface area contributed by atoms with Crippen LogP contribution >= 0.6 is 0 Å². The summed E-state index contributed by atoms with van der Waals surface area (Å²) in [6.07, 6.45) is 3.52. The molecule has 1 saturated carbocycles. The monoisotopic (exact) mass is 286 g/mol. The average Bonchev–Trinajstić information content (AvgIpc) is 3.26. The van der Waals surface area contributed by atoms with Crippen LogP contribution in [0.25, 0.3) is 0 Å². The molecule has 2 fully saturated rings. The molecule has 1 N–H and O–H groups in total. The standard InChI is InChI=1S/C18H26N2O/c1-12(2)17-19-16(11-14-7-5-4-6-8-14)18(21)20(17)13(3)15-9-10-15/h4-8,12-13,15-17,19H,9-11H2,1-3H3. The molecule has 1 aliphatic heterocycles. The SMILES string of the molecule is CC(C)C1NC(Cc2ccccc2)C(=O)N1C(C)C1CC1. The van der Waals surface area contributed by atoms with Gasteiger partial charge in [0, 0.05) is 6.04 Å². The second kappa shape index (κ2) is 5.80. The van der Waals surface area contributed by atoms with Crippen LogP contribution in [0.3, 0.4) is 0 Å². The molecule has 0 bridgehead atoms. The highest BCUT2D eigenvalue weighted by atomic mass is 16.2. The van der Waals surface area contributed by atoms with E-state index in [4.69, 9.17) is 0 Å². The van der Waals surface area contributed by atoms with Gasteiger partial charge in [-0.15, -0.1) is 0 Å². The molecule has 0 aromatic heterocycles. The first-order valence-electron chi connectivity index (χ1n) is 8.20. The predicted octanol–water partition coefficient (Wildman–Crippen LogP) is 2.81. The summed E-state index contributed by atoms with van der Waals surface area (Å²) in [4.78, 5) is 15.0. The molecular weight excluding hydrogens is 260 g/mol. The van der Waals surface area contributed by atoms with Crippen LogP contribution < -0.4 is 5.32 Å². The molecule has 3 unspecified atom stereocenters. The third-order valence-corrected chi connectivity index (χ3v) is 4.88. The van der Waals surface area contributed by atoms with Crippen LogP contribution in [0.2, 0.25) is 0 Å². The van der Waals surface area contributed by atoms with Crippen LogP contribution in [0, 0.1) is 11.8 Å². The number of carbonyl (C=O) groups excluding carboxylic acids is 1. The summed E-state index contributed by atoms with van der Waals surface area (Å²) in [6, 6.07) is 10.6. The molecule has 3 atom stereocenters. The Morgan fingerprint density at radius 2 is 1.86 bits per heavy atom. The number of benzene rings is 1. The molecule has 3 rings (SSSR count). The summed E-state index contributed by atoms with van der Waals surface area (Å²) >= 11 is 0. The minimum absolute atomic E-state index is 0.0685. The summed E-state index contributed by atoms with van der Waals surface area (Å²) in [5.74, 6) is 1.44. The maximum atomic E-state index is 12.9. The van der Waals surface area contributed by atoms with Crippen LogP contribution in [0.1, 0.15) is 39.2 Å². The number of hydrogen-bond acceptors (Lipinski definition) is 2. The first-order chi connectivity index (χ1) is 10.1. The zero-order chi connectivity index (χ0) is 15.0. The predicted molar refractivity (Wildman–Crippen MR) is 84.7 cm³/mol. The highest BCUT2D eigenvalue weighted by Gasteiger charge is 2.46. The number of rotatable bonds is 5. The smallest absolute Gasteiger partial charge is 0.241 e. The van der Waals surface area contributed by atoms with Crippen molar-refractivity contribution in [3.8, 4) is 0 Å². The van der Waals surface area contributed by atoms with Gasteiger partial charge in [-0.1, -0.05) is 44.2 Å². The Balaban J connectivity index is 1.76. The van der Waals surface area contributed by atoms with Gasteiger partial charge in [0.15, 0.2) is 0 Å². The van der Waals surface area contributed by atoms with Gasteiger partial charge in [0.2, 0.25) is 5.91 Å². The molecule has 0 spiro atoms. The molecule has 3 heteroatoms. The molecule has 2 aliphatic rings. The van der Waals surface area contributed by atoms with Gasteiger partial charge in [0.1, 0.15) is 0 Å². The van der Waals surface area contributed by atoms with E-state index in [9.17, 15) is 4.79 Å². The molecule has 0 radical (unpaired) electrons. The minimum atomic E-state index is -0.0685. The fourth-order valence-electron chi connectivity index (χ4n) is 3.44. The molecule has 1 saturated heterocycles. The first-order valence-corrected chi connectivity index (χ1v) is 8.20. The van der Waals surface area contributed by atoms with Gasteiger partial charge in [0.25, 0.3) is 0 Å². The summed E-state index contributed by atoms with van der Waals surface area (Å²) in [5, 5.41) is 3.58. The van der Waals surface area contributed by atoms with Gasteiger partial charge in [0.05, 0.1) is 12.2 Å². The van der Waals surface area contributed by atoms with E-state index in [1.165, 1.54) is 18.4 Å². The third kappa shape index (κ3) is 2.98. The van der Waals surface area contributed by atoms with Crippen LogP contribution in [0.15, 0.2) is 30.3 Å². The molecular formula is C18H26N2O. The van der Waals surface area contributed by atoms with E-state index in [2.05, 4.69) is 43.1 Å². The van der Waals surface area contributed by atoms with Gasteiger partial charge in [-0.3, -0.25) is 10.1 Å². The van der Waals surface area contributed by atoms with E-state index in [0.29, 0.717) is 17.9 Å². The van der Waals surface area contributed by atoms with Crippen LogP contribution in [0.5, 0.6) is 0 Å². The highest BCUT2D eigenvalue weighted by Crippen LogP contribution is 2.38. The number of nitrogens with zero attached hydrogens (tertiary/aromatic N) is 1. The summed E-state index contributed by atoms with van der Waals surface area (Å²) < 4.78 is 0. The molecule has 1 aromatic carbocycles. The Bertz CT molecular complexity index is 495. The van der Waals surface area contributed by atoms with Crippen molar-refractivity contribution >= 4 is 5.91 Å². The molecule has 3 nitrogen and oxygen atoms in total. The van der Waals surface area contributed by atoms with Crippen molar-refractivity contribution < 1.29 is 4.79 Å². The second-order valence-electron chi connectivity index (χ2n) is 6.92. The zero-order valence-electron chi connectivity index (χ0n) is 13.3. The van der Waals surface area contributed by atoms with Crippen LogP contribution in [-0.4, -0.2) is 29.1 Å². The van der Waals surface area contributed by atoms with Crippen molar-refractivity contribution in [2.45, 2.75) is 58.3 Å². The van der Waals surface area contributed by atoms with Crippen molar-refractivity contribution in [3.63, 3.8) is 0 Å². The molecule has 1 heterocycles. The van der Waals surface area contributed by atoms with Crippen molar-refractivity contribution in [1.82, 2.24) is 10.2 Å². The molecule has 1 aromatic rings. The van der Waals surface area contributed by atoms with Gasteiger partial charge in [-0.25, -0.2) is 0 Å². The fourth-order valence-corrected chi connectivity index (χ4v) is 3.44. The maximum Gasteiger partial charge on any atom is 0.241 e. The number of nitrogens with one attached hydrogen (secondary N) is 1. The van der Waals surface area contributed by atoms with E-state index in [1.807, 2.05) is 18.2 Å². The minimum Gasteiger partial charge on any atom is -0.323 e. The third-order valence-electron chi connectivity index (χ3n) is 4.88. The van der Waals surface area contributed by atoms with Gasteiger partial charge >= 0.3 is 0 Å². The van der Waals surface area contributed by atoms with E-state index in [1.54, 1.807) is 0 Å². The number of hydrogen-bond donors (Lipinski definition) is 1. The summed E-state index contributed by atoms with van der Waals surface area (Å²) in [7, 11) is 0. The number of amides is 1. The summed E-state index contributed by atoms with van der Waals surface area (Å²) in [6.45, 7) is 6.61. The van der Waals surface area contributed by atoms with Gasteiger partial charge in [-0.05, 0) is 43.6 Å². The Morgan fingerprint density at radius 3 is 2.43 bits per heavy atom. The lowest BCUT2D eigenvalue weighted by atomic mass is 10.1. The van der Waals surface area contributed by atoms with E-state index >= 15 is 0 Å². The topological polar surface area (TPSA) is 32.3 Å². The van der Waals surface area contributed by atoms with Crippen molar-refractivity contribution in [1.29, 1.82) is 0 Å². The van der Waals surface area contributed by atoms with Gasteiger partial charge < -0.3 is 4.90 Å². The second-order valence-corrected chi connectivity index (χ2v) is 6.92. The van der Waals surface area contributed by atoms with Crippen LogP contribution in [0.4, 0.5) is 0 Å². The Kier molecular flexibility index (Phi) is 4.03. The van der Waals surface area contributed by atoms with Crippen molar-refractivity contribution in [3.05, 3.63) is 35.9 Å².